The van der Waals surface area contributed by atoms with E-state index < -0.39 is 0 Å². The van der Waals surface area contributed by atoms with Gasteiger partial charge in [-0.15, -0.1) is 10.2 Å². The first-order valence-corrected chi connectivity index (χ1v) is 9.81. The van der Waals surface area contributed by atoms with Crippen LogP contribution in [0.15, 0.2) is 52.4 Å². The molecule has 4 rings (SSSR count). The third-order valence-electron chi connectivity index (χ3n) is 4.49. The normalized spacial score (nSPS) is 12.3. The number of rotatable bonds is 5. The predicted molar refractivity (Wildman–Crippen MR) is 107 cm³/mol. The molecule has 1 atom stereocenters. The number of hydrogen-bond donors (Lipinski definition) is 0. The Kier molecular flexibility index (Phi) is 4.95. The molecule has 3 heterocycles. The number of benzene rings is 1. The number of hydrogen-bond acceptors (Lipinski definition) is 7. The minimum Gasteiger partial charge on any atom is -0.338 e. The Balaban J connectivity index is 1.80. The lowest BCUT2D eigenvalue weighted by atomic mass is 10.1. The molecule has 0 aliphatic heterocycles. The second kappa shape index (κ2) is 7.55. The second-order valence-corrected chi connectivity index (χ2v) is 7.89. The first kappa shape index (κ1) is 18.4. The summed E-state index contributed by atoms with van der Waals surface area (Å²) in [6.07, 6.45) is 3.51. The molecule has 0 saturated carbocycles. The van der Waals surface area contributed by atoms with Crippen molar-refractivity contribution in [1.29, 1.82) is 0 Å². The van der Waals surface area contributed by atoms with E-state index in [1.165, 1.54) is 22.9 Å². The maximum absolute atomic E-state index is 5.32. The van der Waals surface area contributed by atoms with Crippen molar-refractivity contribution >= 4 is 11.8 Å². The zero-order valence-corrected chi connectivity index (χ0v) is 16.9. The van der Waals surface area contributed by atoms with Crippen molar-refractivity contribution in [2.75, 3.05) is 0 Å². The molecule has 28 heavy (non-hydrogen) atoms. The lowest BCUT2D eigenvalue weighted by molar-refractivity contribution is 0.376. The monoisotopic (exact) mass is 392 g/mol. The topological polar surface area (TPSA) is 82.5 Å². The molecule has 0 saturated heterocycles. The van der Waals surface area contributed by atoms with Crippen molar-refractivity contribution in [3.63, 3.8) is 0 Å². The van der Waals surface area contributed by atoms with Gasteiger partial charge in [0.1, 0.15) is 0 Å². The zero-order valence-electron chi connectivity index (χ0n) is 16.1. The standard InChI is InChI=1S/C20H20N6OS/c1-12-5-6-17(11-13(12)2)26-18(16-7-9-21-10-8-16)23-24-20(26)28-14(3)19-22-15(4)25-27-19/h5-11,14H,1-4H3. The quantitative estimate of drug-likeness (QED) is 0.463. The van der Waals surface area contributed by atoms with Crippen LogP contribution < -0.4 is 0 Å². The van der Waals surface area contributed by atoms with Crippen molar-refractivity contribution < 1.29 is 4.52 Å². The number of nitrogens with zero attached hydrogens (tertiary/aromatic N) is 6. The largest absolute Gasteiger partial charge is 0.338 e. The van der Waals surface area contributed by atoms with Crippen molar-refractivity contribution in [2.45, 2.75) is 38.1 Å². The van der Waals surface area contributed by atoms with Gasteiger partial charge in [-0.25, -0.2) is 0 Å². The average molecular weight is 392 g/mol. The molecule has 0 spiro atoms. The lowest BCUT2D eigenvalue weighted by Crippen LogP contribution is -2.02. The molecule has 1 aromatic carbocycles. The molecule has 0 fully saturated rings. The Bertz CT molecular complexity index is 1110. The summed E-state index contributed by atoms with van der Waals surface area (Å²) in [7, 11) is 0. The summed E-state index contributed by atoms with van der Waals surface area (Å²) >= 11 is 1.53. The minimum atomic E-state index is -0.0546. The molecule has 0 amide bonds. The van der Waals surface area contributed by atoms with Gasteiger partial charge in [0.15, 0.2) is 16.8 Å². The van der Waals surface area contributed by atoms with Crippen LogP contribution in [-0.4, -0.2) is 29.9 Å². The van der Waals surface area contributed by atoms with Gasteiger partial charge in [0.05, 0.1) is 10.9 Å². The van der Waals surface area contributed by atoms with E-state index in [9.17, 15) is 0 Å². The zero-order chi connectivity index (χ0) is 19.7. The molecule has 0 aliphatic carbocycles. The van der Waals surface area contributed by atoms with E-state index in [-0.39, 0.29) is 5.25 Å². The lowest BCUT2D eigenvalue weighted by Gasteiger charge is -2.13. The minimum absolute atomic E-state index is 0.0546. The molecule has 0 radical (unpaired) electrons. The van der Waals surface area contributed by atoms with Gasteiger partial charge < -0.3 is 4.52 Å². The molecule has 1 unspecified atom stereocenters. The average Bonchev–Trinajstić information content (AvgIpc) is 3.31. The Labute approximate surface area is 167 Å². The van der Waals surface area contributed by atoms with E-state index in [0.717, 1.165) is 22.2 Å². The summed E-state index contributed by atoms with van der Waals surface area (Å²) in [5.41, 5.74) is 4.42. The summed E-state index contributed by atoms with van der Waals surface area (Å²) in [5, 5.41) is 13.5. The molecule has 4 aromatic rings. The summed E-state index contributed by atoms with van der Waals surface area (Å²) in [6.45, 7) is 8.03. The van der Waals surface area contributed by atoms with Gasteiger partial charge in [0, 0.05) is 18.0 Å². The molecular weight excluding hydrogens is 372 g/mol. The Hall–Kier alpha value is -3.00. The van der Waals surface area contributed by atoms with Gasteiger partial charge in [-0.3, -0.25) is 9.55 Å². The van der Waals surface area contributed by atoms with Crippen LogP contribution in [0.3, 0.4) is 0 Å². The summed E-state index contributed by atoms with van der Waals surface area (Å²) in [5.74, 6) is 1.96. The number of pyridine rings is 1. The highest BCUT2D eigenvalue weighted by Crippen LogP contribution is 2.36. The van der Waals surface area contributed by atoms with Crippen molar-refractivity contribution in [2.24, 2.45) is 0 Å². The van der Waals surface area contributed by atoms with Crippen LogP contribution in [0.1, 0.15) is 35.0 Å². The van der Waals surface area contributed by atoms with Crippen LogP contribution in [0.5, 0.6) is 0 Å². The molecule has 3 aromatic heterocycles. The molecule has 8 heteroatoms. The molecule has 7 nitrogen and oxygen atoms in total. The predicted octanol–water partition coefficient (Wildman–Crippen LogP) is 4.49. The third kappa shape index (κ3) is 3.55. The molecule has 0 aliphatic rings. The van der Waals surface area contributed by atoms with Gasteiger partial charge in [-0.2, -0.15) is 4.98 Å². The van der Waals surface area contributed by atoms with Crippen LogP contribution in [0.2, 0.25) is 0 Å². The van der Waals surface area contributed by atoms with Gasteiger partial charge in [-0.1, -0.05) is 23.0 Å². The molecule has 0 N–H and O–H groups in total. The smallest absolute Gasteiger partial charge is 0.239 e. The maximum atomic E-state index is 5.32. The fourth-order valence-corrected chi connectivity index (χ4v) is 3.72. The highest BCUT2D eigenvalue weighted by Gasteiger charge is 2.22. The van der Waals surface area contributed by atoms with E-state index >= 15 is 0 Å². The van der Waals surface area contributed by atoms with E-state index in [2.05, 4.69) is 61.9 Å². The SMILES string of the molecule is Cc1noc(C(C)Sc2nnc(-c3ccncc3)n2-c2ccc(C)c(C)c2)n1. The highest BCUT2D eigenvalue weighted by atomic mass is 32.2. The van der Waals surface area contributed by atoms with Crippen LogP contribution in [0.25, 0.3) is 17.1 Å². The van der Waals surface area contributed by atoms with Gasteiger partial charge in [0.2, 0.25) is 5.89 Å². The van der Waals surface area contributed by atoms with E-state index in [1.54, 1.807) is 12.4 Å². The first-order valence-electron chi connectivity index (χ1n) is 8.93. The number of aryl methyl sites for hydroxylation is 3. The Morgan fingerprint density at radius 2 is 1.79 bits per heavy atom. The molecule has 142 valence electrons. The van der Waals surface area contributed by atoms with Crippen LogP contribution in [0.4, 0.5) is 0 Å². The van der Waals surface area contributed by atoms with Crippen molar-refractivity contribution in [1.82, 2.24) is 29.9 Å². The summed E-state index contributed by atoms with van der Waals surface area (Å²) in [6, 6.07) is 10.2. The van der Waals surface area contributed by atoms with Gasteiger partial charge >= 0.3 is 0 Å². The van der Waals surface area contributed by atoms with Crippen LogP contribution in [-0.2, 0) is 0 Å². The van der Waals surface area contributed by atoms with Gasteiger partial charge in [-0.05, 0) is 63.1 Å². The summed E-state index contributed by atoms with van der Waals surface area (Å²) < 4.78 is 7.38. The number of aromatic nitrogens is 6. The van der Waals surface area contributed by atoms with Crippen LogP contribution >= 0.6 is 11.8 Å². The Morgan fingerprint density at radius 3 is 2.46 bits per heavy atom. The highest BCUT2D eigenvalue weighted by molar-refractivity contribution is 7.99. The first-order chi connectivity index (χ1) is 13.5. The maximum Gasteiger partial charge on any atom is 0.239 e. The molecular formula is C20H20N6OS. The van der Waals surface area contributed by atoms with Gasteiger partial charge in [0.25, 0.3) is 0 Å². The summed E-state index contributed by atoms with van der Waals surface area (Å²) in [4.78, 5) is 8.44. The number of thioether (sulfide) groups is 1. The van der Waals surface area contributed by atoms with E-state index in [4.69, 9.17) is 4.52 Å². The molecule has 0 bridgehead atoms. The fourth-order valence-electron chi connectivity index (χ4n) is 2.82. The van der Waals surface area contributed by atoms with Crippen molar-refractivity contribution in [3.05, 3.63) is 65.6 Å². The van der Waals surface area contributed by atoms with E-state index in [0.29, 0.717) is 11.7 Å². The van der Waals surface area contributed by atoms with Crippen LogP contribution in [0, 0.1) is 20.8 Å². The fraction of sp³-hybridized carbons (Fsp3) is 0.250. The van der Waals surface area contributed by atoms with E-state index in [1.807, 2.05) is 26.0 Å². The Morgan fingerprint density at radius 1 is 1.00 bits per heavy atom. The second-order valence-electron chi connectivity index (χ2n) is 6.59. The third-order valence-corrected chi connectivity index (χ3v) is 5.52. The van der Waals surface area contributed by atoms with Crippen molar-refractivity contribution in [3.8, 4) is 17.1 Å².